The van der Waals surface area contributed by atoms with Gasteiger partial charge in [-0.3, -0.25) is 10.1 Å². The molecule has 2 N–H and O–H groups in total. The largest absolute Gasteiger partial charge is 0.493 e. The molecule has 0 radical (unpaired) electrons. The predicted molar refractivity (Wildman–Crippen MR) is 82.4 cm³/mol. The Labute approximate surface area is 124 Å². The Kier molecular flexibility index (Phi) is 6.52. The van der Waals surface area contributed by atoms with Gasteiger partial charge in [0.1, 0.15) is 0 Å². The lowest BCUT2D eigenvalue weighted by molar-refractivity contribution is 0.0976. The Balaban J connectivity index is 2.67. The van der Waals surface area contributed by atoms with Gasteiger partial charge in [-0.25, -0.2) is 0 Å². The number of amides is 1. The Bertz CT molecular complexity index is 503. The van der Waals surface area contributed by atoms with Crippen LogP contribution >= 0.6 is 12.2 Å². The lowest BCUT2D eigenvalue weighted by Crippen LogP contribution is -2.39. The van der Waals surface area contributed by atoms with Gasteiger partial charge >= 0.3 is 0 Å². The van der Waals surface area contributed by atoms with E-state index in [0.717, 1.165) is 6.42 Å². The third kappa shape index (κ3) is 4.55. The predicted octanol–water partition coefficient (Wildman–Crippen LogP) is 1.88. The highest BCUT2D eigenvalue weighted by Gasteiger charge is 2.11. The summed E-state index contributed by atoms with van der Waals surface area (Å²) < 4.78 is 10.3. The van der Waals surface area contributed by atoms with Crippen molar-refractivity contribution in [2.24, 2.45) is 0 Å². The summed E-state index contributed by atoms with van der Waals surface area (Å²) in [5, 5.41) is 5.79. The van der Waals surface area contributed by atoms with Crippen LogP contribution in [0.3, 0.4) is 0 Å². The fourth-order valence-corrected chi connectivity index (χ4v) is 1.68. The molecule has 0 heterocycles. The van der Waals surface area contributed by atoms with Crippen molar-refractivity contribution in [3.05, 3.63) is 36.4 Å². The molecule has 0 bridgehead atoms. The number of benzene rings is 1. The van der Waals surface area contributed by atoms with Crippen molar-refractivity contribution in [1.82, 2.24) is 10.6 Å². The molecule has 0 saturated heterocycles. The SMILES string of the molecule is C=CCCNC(=S)NC(=O)c1ccc(OC)c(OC)c1. The lowest BCUT2D eigenvalue weighted by Gasteiger charge is -2.11. The number of nitrogens with one attached hydrogen (secondary N) is 2. The summed E-state index contributed by atoms with van der Waals surface area (Å²) in [5.74, 6) is 0.753. The number of carbonyl (C=O) groups is 1. The fourth-order valence-electron chi connectivity index (χ4n) is 1.48. The molecule has 108 valence electrons. The van der Waals surface area contributed by atoms with Crippen LogP contribution in [0.25, 0.3) is 0 Å². The van der Waals surface area contributed by atoms with E-state index in [-0.39, 0.29) is 11.0 Å². The van der Waals surface area contributed by atoms with Crippen molar-refractivity contribution >= 4 is 23.2 Å². The van der Waals surface area contributed by atoms with Crippen molar-refractivity contribution in [2.45, 2.75) is 6.42 Å². The minimum atomic E-state index is -0.304. The molecule has 0 aliphatic rings. The number of methoxy groups -OCH3 is 2. The molecule has 1 rings (SSSR count). The van der Waals surface area contributed by atoms with Crippen LogP contribution in [-0.2, 0) is 0 Å². The van der Waals surface area contributed by atoms with Crippen LogP contribution in [0.4, 0.5) is 0 Å². The highest BCUT2D eigenvalue weighted by molar-refractivity contribution is 7.80. The molecule has 0 aliphatic heterocycles. The van der Waals surface area contributed by atoms with Gasteiger partial charge in [-0.05, 0) is 36.8 Å². The molecule has 1 aromatic rings. The second kappa shape index (κ2) is 8.16. The average Bonchev–Trinajstić information content (AvgIpc) is 2.46. The smallest absolute Gasteiger partial charge is 0.257 e. The molecule has 1 amide bonds. The summed E-state index contributed by atoms with van der Waals surface area (Å²) >= 11 is 5.02. The van der Waals surface area contributed by atoms with E-state index < -0.39 is 0 Å². The van der Waals surface area contributed by atoms with Crippen molar-refractivity contribution in [3.63, 3.8) is 0 Å². The highest BCUT2D eigenvalue weighted by atomic mass is 32.1. The second-order valence-corrected chi connectivity index (χ2v) is 4.27. The lowest BCUT2D eigenvalue weighted by atomic mass is 10.2. The molecule has 0 saturated carbocycles. The Morgan fingerprint density at radius 1 is 1.35 bits per heavy atom. The van der Waals surface area contributed by atoms with Crippen LogP contribution < -0.4 is 20.1 Å². The van der Waals surface area contributed by atoms with Gasteiger partial charge in [0, 0.05) is 12.1 Å². The highest BCUT2D eigenvalue weighted by Crippen LogP contribution is 2.27. The van der Waals surface area contributed by atoms with Gasteiger partial charge in [-0.15, -0.1) is 6.58 Å². The summed E-state index contributed by atoms with van der Waals surface area (Å²) in [4.78, 5) is 12.0. The van der Waals surface area contributed by atoms with Crippen LogP contribution in [0.5, 0.6) is 11.5 Å². The summed E-state index contributed by atoms with van der Waals surface area (Å²) in [6.07, 6.45) is 2.54. The molecule has 0 spiro atoms. The Morgan fingerprint density at radius 2 is 2.05 bits per heavy atom. The summed E-state index contributed by atoms with van der Waals surface area (Å²) in [5.41, 5.74) is 0.440. The van der Waals surface area contributed by atoms with E-state index in [4.69, 9.17) is 21.7 Å². The second-order valence-electron chi connectivity index (χ2n) is 3.86. The molecule has 0 fully saturated rings. The van der Waals surface area contributed by atoms with Gasteiger partial charge in [-0.2, -0.15) is 0 Å². The quantitative estimate of drug-likeness (QED) is 0.476. The molecule has 0 unspecified atom stereocenters. The van der Waals surface area contributed by atoms with E-state index in [1.54, 1.807) is 24.3 Å². The van der Waals surface area contributed by atoms with Gasteiger partial charge in [0.25, 0.3) is 5.91 Å². The first-order valence-electron chi connectivity index (χ1n) is 6.04. The van der Waals surface area contributed by atoms with Crippen molar-refractivity contribution < 1.29 is 14.3 Å². The van der Waals surface area contributed by atoms with Gasteiger partial charge in [0.05, 0.1) is 14.2 Å². The number of rotatable bonds is 6. The van der Waals surface area contributed by atoms with Crippen LogP contribution in [0.1, 0.15) is 16.8 Å². The molecule has 5 nitrogen and oxygen atoms in total. The number of ether oxygens (including phenoxy) is 2. The maximum absolute atomic E-state index is 12.0. The normalized spacial score (nSPS) is 9.50. The van der Waals surface area contributed by atoms with Crippen LogP contribution in [0.15, 0.2) is 30.9 Å². The molecule has 6 heteroatoms. The van der Waals surface area contributed by atoms with Gasteiger partial charge in [0.15, 0.2) is 16.6 Å². The van der Waals surface area contributed by atoms with E-state index in [9.17, 15) is 4.79 Å². The zero-order valence-electron chi connectivity index (χ0n) is 11.6. The molecular formula is C14H18N2O3S. The minimum Gasteiger partial charge on any atom is -0.493 e. The fraction of sp³-hybridized carbons (Fsp3) is 0.286. The molecule has 0 atom stereocenters. The first-order valence-corrected chi connectivity index (χ1v) is 6.45. The Hall–Kier alpha value is -2.08. The average molecular weight is 294 g/mol. The molecule has 1 aromatic carbocycles. The van der Waals surface area contributed by atoms with E-state index in [0.29, 0.717) is 23.6 Å². The van der Waals surface area contributed by atoms with Gasteiger partial charge in [0.2, 0.25) is 0 Å². The molecular weight excluding hydrogens is 276 g/mol. The van der Waals surface area contributed by atoms with Crippen molar-refractivity contribution in [1.29, 1.82) is 0 Å². The van der Waals surface area contributed by atoms with Gasteiger partial charge in [-0.1, -0.05) is 6.08 Å². The van der Waals surface area contributed by atoms with Crippen LogP contribution in [0.2, 0.25) is 0 Å². The number of hydrogen-bond donors (Lipinski definition) is 2. The van der Waals surface area contributed by atoms with Crippen molar-refractivity contribution in [3.8, 4) is 11.5 Å². The zero-order valence-corrected chi connectivity index (χ0v) is 12.4. The summed E-state index contributed by atoms with van der Waals surface area (Å²) in [6.45, 7) is 4.24. The molecule has 0 aromatic heterocycles. The van der Waals surface area contributed by atoms with E-state index in [2.05, 4.69) is 17.2 Å². The van der Waals surface area contributed by atoms with Crippen LogP contribution in [-0.4, -0.2) is 31.8 Å². The zero-order chi connectivity index (χ0) is 15.0. The monoisotopic (exact) mass is 294 g/mol. The standard InChI is InChI=1S/C14H18N2O3S/c1-4-5-8-15-14(20)16-13(17)10-6-7-11(18-2)12(9-10)19-3/h4,6-7,9H,1,5,8H2,2-3H3,(H2,15,16,17,20). The minimum absolute atomic E-state index is 0.284. The number of thiocarbonyl (C=S) groups is 1. The van der Waals surface area contributed by atoms with Gasteiger partial charge < -0.3 is 14.8 Å². The summed E-state index contributed by atoms with van der Waals surface area (Å²) in [6, 6.07) is 4.91. The Morgan fingerprint density at radius 3 is 2.65 bits per heavy atom. The first-order chi connectivity index (χ1) is 9.62. The van der Waals surface area contributed by atoms with E-state index >= 15 is 0 Å². The number of carbonyl (C=O) groups excluding carboxylic acids is 1. The van der Waals surface area contributed by atoms with Crippen LogP contribution in [0, 0.1) is 0 Å². The third-order valence-electron chi connectivity index (χ3n) is 2.51. The van der Waals surface area contributed by atoms with Crippen molar-refractivity contribution in [2.75, 3.05) is 20.8 Å². The maximum atomic E-state index is 12.0. The first kappa shape index (κ1) is 16.0. The number of hydrogen-bond acceptors (Lipinski definition) is 4. The third-order valence-corrected chi connectivity index (χ3v) is 2.75. The topological polar surface area (TPSA) is 59.6 Å². The molecule has 20 heavy (non-hydrogen) atoms. The van der Waals surface area contributed by atoms with E-state index in [1.165, 1.54) is 14.2 Å². The van der Waals surface area contributed by atoms with E-state index in [1.807, 2.05) is 0 Å². The maximum Gasteiger partial charge on any atom is 0.257 e. The summed E-state index contributed by atoms with van der Waals surface area (Å²) in [7, 11) is 3.05. The molecule has 0 aliphatic carbocycles.